The molecule has 0 N–H and O–H groups in total. The molecule has 2 aromatic carbocycles. The summed E-state index contributed by atoms with van der Waals surface area (Å²) in [5.74, 6) is 0.967. The van der Waals surface area contributed by atoms with Crippen molar-refractivity contribution in [1.82, 2.24) is 0 Å². The summed E-state index contributed by atoms with van der Waals surface area (Å²) < 4.78 is 11.0. The lowest BCUT2D eigenvalue weighted by Crippen LogP contribution is -2.09. The molecule has 0 saturated heterocycles. The number of benzene rings is 2. The Hall–Kier alpha value is -2.29. The van der Waals surface area contributed by atoms with Crippen LogP contribution in [0.4, 0.5) is 0 Å². The van der Waals surface area contributed by atoms with Gasteiger partial charge in [-0.1, -0.05) is 18.2 Å². The molecule has 0 unspecified atom stereocenters. The first-order valence-electron chi connectivity index (χ1n) is 6.61. The van der Waals surface area contributed by atoms with Crippen molar-refractivity contribution in [2.75, 3.05) is 0 Å². The van der Waals surface area contributed by atoms with Gasteiger partial charge >= 0.3 is 5.97 Å². The molecule has 0 atom stereocenters. The minimum atomic E-state index is -0.359. The van der Waals surface area contributed by atoms with Crippen LogP contribution in [0.1, 0.15) is 29.8 Å². The van der Waals surface area contributed by atoms with Crippen LogP contribution in [0.5, 0.6) is 11.5 Å². The van der Waals surface area contributed by atoms with E-state index in [0.29, 0.717) is 11.3 Å². The van der Waals surface area contributed by atoms with E-state index in [1.807, 2.05) is 32.9 Å². The Morgan fingerprint density at radius 2 is 1.75 bits per heavy atom. The molecule has 2 aromatic rings. The maximum Gasteiger partial charge on any atom is 0.343 e. The molecule has 0 spiro atoms. The van der Waals surface area contributed by atoms with E-state index < -0.39 is 0 Å². The lowest BCUT2D eigenvalue weighted by molar-refractivity contribution is 0.0734. The summed E-state index contributed by atoms with van der Waals surface area (Å²) in [6.45, 7) is 5.88. The zero-order chi connectivity index (χ0) is 14.5. The van der Waals surface area contributed by atoms with Crippen molar-refractivity contribution < 1.29 is 14.3 Å². The number of carbonyl (C=O) groups excluding carboxylic acids is 1. The monoisotopic (exact) mass is 270 g/mol. The van der Waals surface area contributed by atoms with Gasteiger partial charge in [-0.2, -0.15) is 0 Å². The van der Waals surface area contributed by atoms with Gasteiger partial charge in [-0.05, 0) is 56.7 Å². The molecular formula is C17H18O3. The molecule has 0 amide bonds. The SMILES string of the molecule is Cc1cc(OC(=O)c2ccccc2)ccc1OC(C)C. The Morgan fingerprint density at radius 1 is 1.05 bits per heavy atom. The van der Waals surface area contributed by atoms with Gasteiger partial charge in [0.1, 0.15) is 11.5 Å². The maximum absolute atomic E-state index is 11.9. The lowest BCUT2D eigenvalue weighted by atomic mass is 10.2. The first kappa shape index (κ1) is 14.1. The predicted molar refractivity (Wildman–Crippen MR) is 78.3 cm³/mol. The van der Waals surface area contributed by atoms with Crippen LogP contribution in [-0.2, 0) is 0 Å². The second kappa shape index (κ2) is 6.24. The standard InChI is InChI=1S/C17H18O3/c1-12(2)19-16-10-9-15(11-13(16)3)20-17(18)14-7-5-4-6-8-14/h4-12H,1-3H3. The van der Waals surface area contributed by atoms with Crippen molar-refractivity contribution in [1.29, 1.82) is 0 Å². The summed E-state index contributed by atoms with van der Waals surface area (Å²) in [5, 5.41) is 0. The summed E-state index contributed by atoms with van der Waals surface area (Å²) in [6, 6.07) is 14.3. The van der Waals surface area contributed by atoms with Gasteiger partial charge < -0.3 is 9.47 Å². The van der Waals surface area contributed by atoms with E-state index in [1.165, 1.54) is 0 Å². The number of esters is 1. The molecule has 0 aliphatic heterocycles. The third-order valence-electron chi connectivity index (χ3n) is 2.73. The largest absolute Gasteiger partial charge is 0.491 e. The molecule has 20 heavy (non-hydrogen) atoms. The number of ether oxygens (including phenoxy) is 2. The van der Waals surface area contributed by atoms with E-state index in [9.17, 15) is 4.79 Å². The smallest absolute Gasteiger partial charge is 0.343 e. The van der Waals surface area contributed by atoms with Gasteiger partial charge in [0.2, 0.25) is 0 Å². The van der Waals surface area contributed by atoms with Crippen molar-refractivity contribution in [2.24, 2.45) is 0 Å². The molecule has 0 radical (unpaired) electrons. The van der Waals surface area contributed by atoms with Crippen LogP contribution in [0, 0.1) is 6.92 Å². The van der Waals surface area contributed by atoms with E-state index in [1.54, 1.807) is 36.4 Å². The number of hydrogen-bond acceptors (Lipinski definition) is 3. The number of hydrogen-bond donors (Lipinski definition) is 0. The first-order chi connectivity index (χ1) is 9.56. The van der Waals surface area contributed by atoms with Crippen LogP contribution in [0.25, 0.3) is 0 Å². The van der Waals surface area contributed by atoms with Gasteiger partial charge in [0, 0.05) is 0 Å². The molecular weight excluding hydrogens is 252 g/mol. The Bertz CT molecular complexity index is 588. The highest BCUT2D eigenvalue weighted by molar-refractivity contribution is 5.90. The molecule has 0 fully saturated rings. The molecule has 0 aliphatic rings. The molecule has 0 aliphatic carbocycles. The molecule has 2 rings (SSSR count). The summed E-state index contributed by atoms with van der Waals surface area (Å²) >= 11 is 0. The molecule has 104 valence electrons. The van der Waals surface area contributed by atoms with Gasteiger partial charge in [-0.25, -0.2) is 4.79 Å². The minimum absolute atomic E-state index is 0.117. The topological polar surface area (TPSA) is 35.5 Å². The van der Waals surface area contributed by atoms with Gasteiger partial charge in [0.15, 0.2) is 0 Å². The Labute approximate surface area is 119 Å². The van der Waals surface area contributed by atoms with Gasteiger partial charge in [-0.3, -0.25) is 0 Å². The quantitative estimate of drug-likeness (QED) is 0.622. The van der Waals surface area contributed by atoms with Crippen molar-refractivity contribution >= 4 is 5.97 Å². The van der Waals surface area contributed by atoms with E-state index in [2.05, 4.69) is 0 Å². The summed E-state index contributed by atoms with van der Waals surface area (Å²) in [5.41, 5.74) is 1.48. The van der Waals surface area contributed by atoms with Crippen LogP contribution in [-0.4, -0.2) is 12.1 Å². The van der Waals surface area contributed by atoms with E-state index in [-0.39, 0.29) is 12.1 Å². The Kier molecular flexibility index (Phi) is 4.41. The van der Waals surface area contributed by atoms with Gasteiger partial charge in [0.05, 0.1) is 11.7 Å². The highest BCUT2D eigenvalue weighted by atomic mass is 16.5. The normalized spacial score (nSPS) is 10.4. The predicted octanol–water partition coefficient (Wildman–Crippen LogP) is 4.00. The molecule has 0 aromatic heterocycles. The van der Waals surface area contributed by atoms with Gasteiger partial charge in [0.25, 0.3) is 0 Å². The highest BCUT2D eigenvalue weighted by Crippen LogP contribution is 2.24. The average Bonchev–Trinajstić information content (AvgIpc) is 2.42. The van der Waals surface area contributed by atoms with Crippen LogP contribution < -0.4 is 9.47 Å². The maximum atomic E-state index is 11.9. The van der Waals surface area contributed by atoms with Crippen molar-refractivity contribution in [3.05, 3.63) is 59.7 Å². The zero-order valence-corrected chi connectivity index (χ0v) is 11.9. The number of rotatable bonds is 4. The van der Waals surface area contributed by atoms with Gasteiger partial charge in [-0.15, -0.1) is 0 Å². The highest BCUT2D eigenvalue weighted by Gasteiger charge is 2.09. The fraction of sp³-hybridized carbons (Fsp3) is 0.235. The van der Waals surface area contributed by atoms with Crippen LogP contribution in [0.3, 0.4) is 0 Å². The van der Waals surface area contributed by atoms with E-state index in [0.717, 1.165) is 11.3 Å². The number of aryl methyl sites for hydroxylation is 1. The van der Waals surface area contributed by atoms with Crippen LogP contribution in [0.2, 0.25) is 0 Å². The second-order valence-corrected chi connectivity index (χ2v) is 4.85. The van der Waals surface area contributed by atoms with E-state index >= 15 is 0 Å². The lowest BCUT2D eigenvalue weighted by Gasteiger charge is -2.13. The van der Waals surface area contributed by atoms with Crippen LogP contribution in [0.15, 0.2) is 48.5 Å². The Balaban J connectivity index is 2.11. The first-order valence-corrected chi connectivity index (χ1v) is 6.61. The second-order valence-electron chi connectivity index (χ2n) is 4.85. The molecule has 3 heteroatoms. The molecule has 0 saturated carbocycles. The van der Waals surface area contributed by atoms with E-state index in [4.69, 9.17) is 9.47 Å². The van der Waals surface area contributed by atoms with Crippen molar-refractivity contribution in [2.45, 2.75) is 26.9 Å². The summed E-state index contributed by atoms with van der Waals surface area (Å²) in [4.78, 5) is 11.9. The third kappa shape index (κ3) is 3.60. The molecule has 3 nitrogen and oxygen atoms in total. The summed E-state index contributed by atoms with van der Waals surface area (Å²) in [7, 11) is 0. The fourth-order valence-corrected chi connectivity index (χ4v) is 1.81. The average molecular weight is 270 g/mol. The zero-order valence-electron chi connectivity index (χ0n) is 11.9. The molecule has 0 heterocycles. The summed E-state index contributed by atoms with van der Waals surface area (Å²) in [6.07, 6.45) is 0.117. The van der Waals surface area contributed by atoms with Crippen molar-refractivity contribution in [3.63, 3.8) is 0 Å². The fourth-order valence-electron chi connectivity index (χ4n) is 1.81. The Morgan fingerprint density at radius 3 is 2.35 bits per heavy atom. The minimum Gasteiger partial charge on any atom is -0.491 e. The molecule has 0 bridgehead atoms. The van der Waals surface area contributed by atoms with Crippen LogP contribution >= 0.6 is 0 Å². The third-order valence-corrected chi connectivity index (χ3v) is 2.73. The number of carbonyl (C=O) groups is 1. The van der Waals surface area contributed by atoms with Crippen molar-refractivity contribution in [3.8, 4) is 11.5 Å².